The summed E-state index contributed by atoms with van der Waals surface area (Å²) in [4.78, 5) is 4.66. The molecule has 0 aliphatic heterocycles. The van der Waals surface area contributed by atoms with E-state index in [1.165, 1.54) is 15.5 Å². The summed E-state index contributed by atoms with van der Waals surface area (Å²) in [6.45, 7) is 0.757. The molecule has 1 aromatic heterocycles. The lowest BCUT2D eigenvalue weighted by Crippen LogP contribution is -1.99. The molecule has 3 aromatic carbocycles. The highest BCUT2D eigenvalue weighted by Gasteiger charge is 2.04. The van der Waals surface area contributed by atoms with Gasteiger partial charge in [0.25, 0.3) is 0 Å². The van der Waals surface area contributed by atoms with E-state index in [4.69, 9.17) is 0 Å². The Hall–Kier alpha value is -2.39. The van der Waals surface area contributed by atoms with Crippen molar-refractivity contribution in [3.63, 3.8) is 0 Å². The van der Waals surface area contributed by atoms with Crippen LogP contribution < -0.4 is 5.32 Å². The van der Waals surface area contributed by atoms with Gasteiger partial charge in [-0.15, -0.1) is 11.3 Å². The summed E-state index contributed by atoms with van der Waals surface area (Å²) >= 11 is 1.75. The van der Waals surface area contributed by atoms with Crippen molar-refractivity contribution in [1.29, 1.82) is 0 Å². The first kappa shape index (κ1) is 12.4. The van der Waals surface area contributed by atoms with Gasteiger partial charge in [-0.05, 0) is 23.6 Å². The molecule has 4 aromatic rings. The highest BCUT2D eigenvalue weighted by molar-refractivity contribution is 7.18. The molecule has 0 atom stereocenters. The number of hydrogen-bond acceptors (Lipinski definition) is 3. The van der Waals surface area contributed by atoms with E-state index in [1.807, 2.05) is 6.07 Å². The normalized spacial score (nSPS) is 11.0. The second kappa shape index (κ2) is 5.19. The highest BCUT2D eigenvalue weighted by Crippen LogP contribution is 2.25. The summed E-state index contributed by atoms with van der Waals surface area (Å²) in [6.07, 6.45) is 0. The van der Waals surface area contributed by atoms with Crippen LogP contribution in [0.1, 0.15) is 5.01 Å². The summed E-state index contributed by atoms with van der Waals surface area (Å²) in [5, 5.41) is 7.14. The van der Waals surface area contributed by atoms with Gasteiger partial charge in [0.15, 0.2) is 0 Å². The fraction of sp³-hybridized carbons (Fsp3) is 0.0556. The van der Waals surface area contributed by atoms with Crippen LogP contribution >= 0.6 is 11.3 Å². The first-order valence-electron chi connectivity index (χ1n) is 6.96. The van der Waals surface area contributed by atoms with E-state index in [9.17, 15) is 0 Å². The molecule has 0 saturated heterocycles. The van der Waals surface area contributed by atoms with E-state index in [0.717, 1.165) is 22.8 Å². The van der Waals surface area contributed by atoms with Crippen molar-refractivity contribution < 1.29 is 0 Å². The van der Waals surface area contributed by atoms with E-state index < -0.39 is 0 Å². The third-order valence-corrected chi connectivity index (χ3v) is 4.59. The van der Waals surface area contributed by atoms with Gasteiger partial charge in [-0.25, -0.2) is 4.98 Å². The lowest BCUT2D eigenvalue weighted by atomic mass is 10.1. The average Bonchev–Trinajstić information content (AvgIpc) is 2.96. The Bertz CT molecular complexity index is 873. The SMILES string of the molecule is c1ccc2c(NCc3nc4ccccc4s3)cccc2c1. The molecular formula is C18H14N2S. The Morgan fingerprint density at radius 1 is 0.857 bits per heavy atom. The lowest BCUT2D eigenvalue weighted by molar-refractivity contribution is 1.12. The number of hydrogen-bond donors (Lipinski definition) is 1. The van der Waals surface area contributed by atoms with E-state index >= 15 is 0 Å². The van der Waals surface area contributed by atoms with Crippen molar-refractivity contribution in [3.05, 3.63) is 71.7 Å². The molecule has 3 heteroatoms. The fourth-order valence-corrected chi connectivity index (χ4v) is 3.45. The summed E-state index contributed by atoms with van der Waals surface area (Å²) in [6, 6.07) is 23.0. The van der Waals surface area contributed by atoms with Gasteiger partial charge >= 0.3 is 0 Å². The molecule has 1 N–H and O–H groups in total. The van der Waals surface area contributed by atoms with Crippen LogP contribution in [0.15, 0.2) is 66.7 Å². The van der Waals surface area contributed by atoms with Crippen LogP contribution in [0.25, 0.3) is 21.0 Å². The van der Waals surface area contributed by atoms with Gasteiger partial charge in [-0.2, -0.15) is 0 Å². The molecule has 4 rings (SSSR count). The van der Waals surface area contributed by atoms with Crippen molar-refractivity contribution in [2.45, 2.75) is 6.54 Å². The predicted octanol–water partition coefficient (Wildman–Crippen LogP) is 5.06. The molecule has 0 radical (unpaired) electrons. The Balaban J connectivity index is 1.63. The predicted molar refractivity (Wildman–Crippen MR) is 90.9 cm³/mol. The van der Waals surface area contributed by atoms with Crippen LogP contribution in [0.4, 0.5) is 5.69 Å². The molecule has 0 spiro atoms. The minimum Gasteiger partial charge on any atom is -0.378 e. The number of benzene rings is 3. The van der Waals surface area contributed by atoms with Crippen LogP contribution in [0.2, 0.25) is 0 Å². The first-order chi connectivity index (χ1) is 10.4. The van der Waals surface area contributed by atoms with Crippen molar-refractivity contribution in [1.82, 2.24) is 4.98 Å². The number of rotatable bonds is 3. The third-order valence-electron chi connectivity index (χ3n) is 3.56. The average molecular weight is 290 g/mol. The molecule has 0 amide bonds. The number of aromatic nitrogens is 1. The van der Waals surface area contributed by atoms with Crippen LogP contribution in [0, 0.1) is 0 Å². The van der Waals surface area contributed by atoms with Crippen LogP contribution in [-0.2, 0) is 6.54 Å². The van der Waals surface area contributed by atoms with Gasteiger partial charge in [0.1, 0.15) is 5.01 Å². The Morgan fingerprint density at radius 2 is 1.67 bits per heavy atom. The third kappa shape index (κ3) is 2.36. The molecule has 0 aliphatic rings. The summed E-state index contributed by atoms with van der Waals surface area (Å²) in [7, 11) is 0. The van der Waals surface area contributed by atoms with Crippen molar-refractivity contribution in [3.8, 4) is 0 Å². The maximum absolute atomic E-state index is 4.66. The molecule has 0 bridgehead atoms. The number of thiazole rings is 1. The zero-order chi connectivity index (χ0) is 14.1. The molecule has 0 fully saturated rings. The summed E-state index contributed by atoms with van der Waals surface area (Å²) in [5.41, 5.74) is 2.24. The minimum atomic E-state index is 0.757. The maximum atomic E-state index is 4.66. The lowest BCUT2D eigenvalue weighted by Gasteiger charge is -2.08. The topological polar surface area (TPSA) is 24.9 Å². The second-order valence-electron chi connectivity index (χ2n) is 4.96. The molecule has 0 aliphatic carbocycles. The largest absolute Gasteiger partial charge is 0.378 e. The smallest absolute Gasteiger partial charge is 0.113 e. The van der Waals surface area contributed by atoms with Gasteiger partial charge in [0, 0.05) is 11.1 Å². The number of anilines is 1. The Labute approximate surface area is 127 Å². The van der Waals surface area contributed by atoms with Crippen LogP contribution in [0.5, 0.6) is 0 Å². The van der Waals surface area contributed by atoms with Gasteiger partial charge in [0.2, 0.25) is 0 Å². The van der Waals surface area contributed by atoms with Crippen LogP contribution in [0.3, 0.4) is 0 Å². The zero-order valence-electron chi connectivity index (χ0n) is 11.4. The molecular weight excluding hydrogens is 276 g/mol. The Kier molecular flexibility index (Phi) is 3.05. The number of nitrogens with one attached hydrogen (secondary N) is 1. The molecule has 0 unspecified atom stereocenters. The number of fused-ring (bicyclic) bond motifs is 2. The molecule has 2 nitrogen and oxygen atoms in total. The van der Waals surface area contributed by atoms with E-state index in [1.54, 1.807) is 11.3 Å². The van der Waals surface area contributed by atoms with Gasteiger partial charge in [-0.3, -0.25) is 0 Å². The monoisotopic (exact) mass is 290 g/mol. The summed E-state index contributed by atoms with van der Waals surface area (Å²) in [5.74, 6) is 0. The Morgan fingerprint density at radius 3 is 2.62 bits per heavy atom. The highest BCUT2D eigenvalue weighted by atomic mass is 32.1. The second-order valence-corrected chi connectivity index (χ2v) is 6.07. The standard InChI is InChI=1S/C18H14N2S/c1-2-8-14-13(6-1)7-5-10-15(14)19-12-18-20-16-9-3-4-11-17(16)21-18/h1-11,19H,12H2. The molecule has 102 valence electrons. The fourth-order valence-electron chi connectivity index (χ4n) is 2.55. The first-order valence-corrected chi connectivity index (χ1v) is 7.78. The van der Waals surface area contributed by atoms with Crippen molar-refractivity contribution in [2.75, 3.05) is 5.32 Å². The molecule has 21 heavy (non-hydrogen) atoms. The van der Waals surface area contributed by atoms with Gasteiger partial charge in [-0.1, -0.05) is 48.5 Å². The van der Waals surface area contributed by atoms with Crippen molar-refractivity contribution in [2.24, 2.45) is 0 Å². The van der Waals surface area contributed by atoms with Gasteiger partial charge in [0.05, 0.1) is 16.8 Å². The van der Waals surface area contributed by atoms with Crippen LogP contribution in [-0.4, -0.2) is 4.98 Å². The van der Waals surface area contributed by atoms with Crippen molar-refractivity contribution >= 4 is 38.0 Å². The van der Waals surface area contributed by atoms with E-state index in [2.05, 4.69) is 71.0 Å². The molecule has 0 saturated carbocycles. The minimum absolute atomic E-state index is 0.757. The van der Waals surface area contributed by atoms with E-state index in [-0.39, 0.29) is 0 Å². The molecule has 1 heterocycles. The van der Waals surface area contributed by atoms with Gasteiger partial charge < -0.3 is 5.32 Å². The quantitative estimate of drug-likeness (QED) is 0.570. The van der Waals surface area contributed by atoms with E-state index in [0.29, 0.717) is 0 Å². The summed E-state index contributed by atoms with van der Waals surface area (Å²) < 4.78 is 1.24. The zero-order valence-corrected chi connectivity index (χ0v) is 12.2. The number of nitrogens with zero attached hydrogens (tertiary/aromatic N) is 1. The maximum Gasteiger partial charge on any atom is 0.113 e. The number of para-hydroxylation sites is 1.